The Kier molecular flexibility index (Phi) is 2.30. The highest BCUT2D eigenvalue weighted by Gasteiger charge is 2.06. The molecule has 1 nitrogen and oxygen atoms in total. The van der Waals surface area contributed by atoms with Crippen molar-refractivity contribution in [2.45, 2.75) is 12.8 Å². The quantitative estimate of drug-likeness (QED) is 0.689. The van der Waals surface area contributed by atoms with Gasteiger partial charge in [0, 0.05) is 11.6 Å². The number of benzene rings is 1. The number of aromatic nitrogens is 1. The summed E-state index contributed by atoms with van der Waals surface area (Å²) in [5.74, 6) is 0. The van der Waals surface area contributed by atoms with Crippen molar-refractivity contribution in [3.8, 4) is 0 Å². The molecule has 0 spiro atoms. The molecule has 1 aliphatic rings. The number of nitrogens with zero attached hydrogens (tertiary/aromatic N) is 1. The molecule has 1 heteroatoms. The second-order valence-electron chi connectivity index (χ2n) is 4.02. The molecule has 0 N–H and O–H groups in total. The van der Waals surface area contributed by atoms with E-state index in [9.17, 15) is 0 Å². The number of rotatable bonds is 1. The number of pyridine rings is 1. The molecule has 1 aliphatic carbocycles. The number of allylic oxidation sites excluding steroid dienone is 4. The first-order valence-corrected chi connectivity index (χ1v) is 5.66. The standard InChI is InChI=1S/C15H13N/c1-2-7-13(8-3-1)15-14-9-5-4-6-12(14)10-11-16-15/h2,4-11H,1,3H2. The molecule has 2 aromatic rings. The smallest absolute Gasteiger partial charge is 0.0776 e. The second kappa shape index (κ2) is 3.93. The highest BCUT2D eigenvalue weighted by molar-refractivity contribution is 5.94. The summed E-state index contributed by atoms with van der Waals surface area (Å²) >= 11 is 0. The fourth-order valence-electron chi connectivity index (χ4n) is 2.14. The van der Waals surface area contributed by atoms with Crippen LogP contribution in [0.4, 0.5) is 0 Å². The topological polar surface area (TPSA) is 12.9 Å². The van der Waals surface area contributed by atoms with Crippen LogP contribution in [-0.4, -0.2) is 4.98 Å². The van der Waals surface area contributed by atoms with Crippen molar-refractivity contribution in [1.82, 2.24) is 4.98 Å². The first kappa shape index (κ1) is 9.34. The molecule has 0 atom stereocenters. The molecule has 0 saturated carbocycles. The maximum Gasteiger partial charge on any atom is 0.0776 e. The average Bonchev–Trinajstić information content (AvgIpc) is 2.39. The van der Waals surface area contributed by atoms with Gasteiger partial charge in [-0.25, -0.2) is 0 Å². The van der Waals surface area contributed by atoms with E-state index in [-0.39, 0.29) is 0 Å². The summed E-state index contributed by atoms with van der Waals surface area (Å²) in [4.78, 5) is 4.51. The second-order valence-corrected chi connectivity index (χ2v) is 4.02. The van der Waals surface area contributed by atoms with Crippen molar-refractivity contribution in [3.63, 3.8) is 0 Å². The summed E-state index contributed by atoms with van der Waals surface area (Å²) in [5, 5.41) is 2.50. The van der Waals surface area contributed by atoms with Crippen LogP contribution in [0.25, 0.3) is 16.3 Å². The van der Waals surface area contributed by atoms with Gasteiger partial charge in [-0.15, -0.1) is 0 Å². The van der Waals surface area contributed by atoms with Crippen molar-refractivity contribution >= 4 is 16.3 Å². The van der Waals surface area contributed by atoms with Crippen LogP contribution < -0.4 is 0 Å². The number of hydrogen-bond donors (Lipinski definition) is 0. The average molecular weight is 207 g/mol. The van der Waals surface area contributed by atoms with E-state index in [2.05, 4.69) is 53.5 Å². The zero-order valence-electron chi connectivity index (χ0n) is 9.06. The summed E-state index contributed by atoms with van der Waals surface area (Å²) in [6.07, 6.45) is 10.8. The summed E-state index contributed by atoms with van der Waals surface area (Å²) in [6.45, 7) is 0. The van der Waals surface area contributed by atoms with Gasteiger partial charge in [0.25, 0.3) is 0 Å². The van der Waals surface area contributed by atoms with Gasteiger partial charge in [-0.3, -0.25) is 4.98 Å². The number of fused-ring (bicyclic) bond motifs is 1. The Morgan fingerprint density at radius 2 is 1.94 bits per heavy atom. The van der Waals surface area contributed by atoms with E-state index in [1.807, 2.05) is 6.20 Å². The molecule has 0 bridgehead atoms. The SMILES string of the molecule is C1=CC(c2nccc3ccccc23)=CCC1. The molecule has 0 fully saturated rings. The first-order valence-electron chi connectivity index (χ1n) is 5.66. The van der Waals surface area contributed by atoms with Crippen molar-refractivity contribution in [3.05, 3.63) is 60.5 Å². The molecule has 1 aromatic heterocycles. The fraction of sp³-hybridized carbons (Fsp3) is 0.133. The molecule has 1 aromatic carbocycles. The van der Waals surface area contributed by atoms with Gasteiger partial charge in [0.1, 0.15) is 0 Å². The molecule has 1 heterocycles. The summed E-state index contributed by atoms with van der Waals surface area (Å²) in [7, 11) is 0. The molecule has 16 heavy (non-hydrogen) atoms. The highest BCUT2D eigenvalue weighted by Crippen LogP contribution is 2.26. The van der Waals surface area contributed by atoms with Gasteiger partial charge in [-0.05, 0) is 29.9 Å². The normalized spacial score (nSPS) is 15.1. The maximum absolute atomic E-state index is 4.51. The van der Waals surface area contributed by atoms with Crippen LogP contribution in [0.3, 0.4) is 0 Å². The summed E-state index contributed by atoms with van der Waals surface area (Å²) in [5.41, 5.74) is 2.36. The zero-order valence-corrected chi connectivity index (χ0v) is 9.06. The molecule has 3 rings (SSSR count). The first-order chi connectivity index (χ1) is 7.95. The van der Waals surface area contributed by atoms with Crippen molar-refractivity contribution in [1.29, 1.82) is 0 Å². The number of hydrogen-bond acceptors (Lipinski definition) is 1. The third-order valence-corrected chi connectivity index (χ3v) is 2.94. The van der Waals surface area contributed by atoms with E-state index in [1.54, 1.807) is 0 Å². The van der Waals surface area contributed by atoms with E-state index >= 15 is 0 Å². The van der Waals surface area contributed by atoms with Crippen LogP contribution in [0.15, 0.2) is 54.8 Å². The Hall–Kier alpha value is -1.89. The van der Waals surface area contributed by atoms with Crippen LogP contribution in [0.5, 0.6) is 0 Å². The predicted molar refractivity (Wildman–Crippen MR) is 68.1 cm³/mol. The molecular weight excluding hydrogens is 194 g/mol. The van der Waals surface area contributed by atoms with Gasteiger partial charge in [0.2, 0.25) is 0 Å². The van der Waals surface area contributed by atoms with Gasteiger partial charge < -0.3 is 0 Å². The van der Waals surface area contributed by atoms with Gasteiger partial charge in [0.05, 0.1) is 5.69 Å². The lowest BCUT2D eigenvalue weighted by Crippen LogP contribution is -1.91. The Morgan fingerprint density at radius 3 is 2.81 bits per heavy atom. The molecule has 0 aliphatic heterocycles. The minimum absolute atomic E-state index is 1.11. The summed E-state index contributed by atoms with van der Waals surface area (Å²) in [6, 6.07) is 10.5. The summed E-state index contributed by atoms with van der Waals surface area (Å²) < 4.78 is 0. The third kappa shape index (κ3) is 1.54. The van der Waals surface area contributed by atoms with Gasteiger partial charge in [-0.2, -0.15) is 0 Å². The van der Waals surface area contributed by atoms with Crippen LogP contribution >= 0.6 is 0 Å². The largest absolute Gasteiger partial charge is 0.256 e. The van der Waals surface area contributed by atoms with E-state index < -0.39 is 0 Å². The van der Waals surface area contributed by atoms with E-state index in [0.29, 0.717) is 0 Å². The fourth-order valence-corrected chi connectivity index (χ4v) is 2.14. The lowest BCUT2D eigenvalue weighted by atomic mass is 9.99. The monoisotopic (exact) mass is 207 g/mol. The van der Waals surface area contributed by atoms with E-state index in [0.717, 1.165) is 18.5 Å². The Balaban J connectivity index is 2.23. The Morgan fingerprint density at radius 1 is 1.00 bits per heavy atom. The van der Waals surface area contributed by atoms with Crippen LogP contribution in [0.2, 0.25) is 0 Å². The molecule has 0 unspecified atom stereocenters. The zero-order chi connectivity index (χ0) is 10.8. The lowest BCUT2D eigenvalue weighted by Gasteiger charge is -2.09. The van der Waals surface area contributed by atoms with Gasteiger partial charge >= 0.3 is 0 Å². The molecule has 0 radical (unpaired) electrons. The van der Waals surface area contributed by atoms with E-state index in [1.165, 1.54) is 16.3 Å². The van der Waals surface area contributed by atoms with Gasteiger partial charge in [0.15, 0.2) is 0 Å². The van der Waals surface area contributed by atoms with Crippen molar-refractivity contribution in [2.75, 3.05) is 0 Å². The van der Waals surface area contributed by atoms with Crippen LogP contribution in [0.1, 0.15) is 18.5 Å². The molecular formula is C15H13N. The lowest BCUT2D eigenvalue weighted by molar-refractivity contribution is 1.04. The van der Waals surface area contributed by atoms with Crippen LogP contribution in [-0.2, 0) is 0 Å². The Labute approximate surface area is 95.1 Å². The third-order valence-electron chi connectivity index (χ3n) is 2.94. The molecule has 0 saturated heterocycles. The maximum atomic E-state index is 4.51. The van der Waals surface area contributed by atoms with Crippen molar-refractivity contribution in [2.24, 2.45) is 0 Å². The Bertz CT molecular complexity index is 574. The van der Waals surface area contributed by atoms with Crippen LogP contribution in [0, 0.1) is 0 Å². The highest BCUT2D eigenvalue weighted by atomic mass is 14.7. The van der Waals surface area contributed by atoms with E-state index in [4.69, 9.17) is 0 Å². The predicted octanol–water partition coefficient (Wildman–Crippen LogP) is 3.97. The minimum atomic E-state index is 1.11. The molecule has 0 amide bonds. The van der Waals surface area contributed by atoms with Crippen molar-refractivity contribution < 1.29 is 0 Å². The minimum Gasteiger partial charge on any atom is -0.256 e. The van der Waals surface area contributed by atoms with Gasteiger partial charge in [-0.1, -0.05) is 42.5 Å². The molecule has 78 valence electrons.